The van der Waals surface area contributed by atoms with Crippen molar-refractivity contribution in [2.24, 2.45) is 0 Å². The van der Waals surface area contributed by atoms with Crippen LogP contribution in [0.25, 0.3) is 11.7 Å². The number of methoxy groups -OCH3 is 1. The lowest BCUT2D eigenvalue weighted by molar-refractivity contribution is -0.122. The molecule has 3 heterocycles. The first-order chi connectivity index (χ1) is 14.5. The quantitative estimate of drug-likeness (QED) is 0.342. The van der Waals surface area contributed by atoms with Gasteiger partial charge >= 0.3 is 0 Å². The molecule has 1 saturated heterocycles. The molecule has 2 N–H and O–H groups in total. The lowest BCUT2D eigenvalue weighted by atomic mass is 10.2. The summed E-state index contributed by atoms with van der Waals surface area (Å²) in [7, 11) is 1.61. The maximum atomic E-state index is 13.2. The summed E-state index contributed by atoms with van der Waals surface area (Å²) < 4.78 is 6.97. The van der Waals surface area contributed by atoms with E-state index in [4.69, 9.17) is 22.1 Å². The van der Waals surface area contributed by atoms with Crippen molar-refractivity contribution < 1.29 is 14.6 Å². The number of carbonyl (C=O) groups is 1. The molecule has 2 aromatic heterocycles. The van der Waals surface area contributed by atoms with Crippen LogP contribution in [0.4, 0.5) is 5.82 Å². The minimum atomic E-state index is -0.278. The van der Waals surface area contributed by atoms with Gasteiger partial charge in [-0.05, 0) is 37.5 Å². The normalized spacial score (nSPS) is 15.6. The van der Waals surface area contributed by atoms with Crippen LogP contribution < -0.4 is 10.9 Å². The second kappa shape index (κ2) is 10.2. The predicted octanol–water partition coefficient (Wildman–Crippen LogP) is 2.03. The van der Waals surface area contributed by atoms with Crippen molar-refractivity contribution >= 4 is 51.7 Å². The highest BCUT2D eigenvalue weighted by molar-refractivity contribution is 8.26. The monoisotopic (exact) mass is 448 g/mol. The van der Waals surface area contributed by atoms with Crippen LogP contribution in [0.2, 0.25) is 0 Å². The van der Waals surface area contributed by atoms with E-state index in [1.165, 1.54) is 21.1 Å². The molecule has 0 unspecified atom stereocenters. The highest BCUT2D eigenvalue weighted by atomic mass is 32.2. The summed E-state index contributed by atoms with van der Waals surface area (Å²) in [4.78, 5) is 32.6. The van der Waals surface area contributed by atoms with Gasteiger partial charge in [0.25, 0.3) is 11.5 Å². The van der Waals surface area contributed by atoms with Gasteiger partial charge in [0.15, 0.2) is 0 Å². The number of ether oxygens (including phenoxy) is 1. The molecule has 0 radical (unpaired) electrons. The predicted molar refractivity (Wildman–Crippen MR) is 123 cm³/mol. The first-order valence-electron chi connectivity index (χ1n) is 9.59. The Morgan fingerprint density at radius 1 is 1.37 bits per heavy atom. The molecular formula is C20H24N4O4S2. The molecule has 3 rings (SSSR count). The van der Waals surface area contributed by atoms with Gasteiger partial charge in [0.05, 0.1) is 10.5 Å². The third-order valence-electron chi connectivity index (χ3n) is 4.59. The number of hydrogen-bond acceptors (Lipinski definition) is 8. The summed E-state index contributed by atoms with van der Waals surface area (Å²) in [5.41, 5.74) is 1.40. The third-order valence-corrected chi connectivity index (χ3v) is 5.97. The fourth-order valence-corrected chi connectivity index (χ4v) is 4.34. The third kappa shape index (κ3) is 4.72. The largest absolute Gasteiger partial charge is 0.396 e. The Labute approximate surface area is 183 Å². The summed E-state index contributed by atoms with van der Waals surface area (Å²) in [5, 5.41) is 12.2. The molecule has 160 valence electrons. The molecule has 0 aromatic carbocycles. The smallest absolute Gasteiger partial charge is 0.267 e. The maximum Gasteiger partial charge on any atom is 0.267 e. The molecule has 0 atom stereocenters. The lowest BCUT2D eigenvalue weighted by Gasteiger charge is -2.14. The summed E-state index contributed by atoms with van der Waals surface area (Å²) >= 11 is 6.52. The molecule has 1 aliphatic rings. The van der Waals surface area contributed by atoms with Crippen molar-refractivity contribution in [2.75, 3.05) is 38.7 Å². The van der Waals surface area contributed by atoms with Crippen molar-refractivity contribution in [1.82, 2.24) is 14.3 Å². The number of anilines is 1. The molecule has 1 amide bonds. The van der Waals surface area contributed by atoms with Crippen LogP contribution in [0.1, 0.15) is 24.0 Å². The van der Waals surface area contributed by atoms with Gasteiger partial charge in [0.2, 0.25) is 0 Å². The molecule has 0 saturated carbocycles. The van der Waals surface area contributed by atoms with Gasteiger partial charge in [-0.25, -0.2) is 4.98 Å². The van der Waals surface area contributed by atoms with Gasteiger partial charge in [-0.3, -0.25) is 18.9 Å². The Morgan fingerprint density at radius 3 is 2.90 bits per heavy atom. The molecule has 30 heavy (non-hydrogen) atoms. The van der Waals surface area contributed by atoms with Crippen LogP contribution in [0.15, 0.2) is 28.0 Å². The van der Waals surface area contributed by atoms with E-state index in [0.29, 0.717) is 53.2 Å². The fourth-order valence-electron chi connectivity index (χ4n) is 3.05. The number of thiocarbonyl (C=S) groups is 1. The van der Waals surface area contributed by atoms with Gasteiger partial charge < -0.3 is 15.2 Å². The molecule has 2 aromatic rings. The number of amides is 1. The summed E-state index contributed by atoms with van der Waals surface area (Å²) in [5.74, 6) is 0.156. The van der Waals surface area contributed by atoms with E-state index < -0.39 is 0 Å². The lowest BCUT2D eigenvalue weighted by Crippen LogP contribution is -2.29. The maximum absolute atomic E-state index is 13.2. The molecule has 10 heteroatoms. The van der Waals surface area contributed by atoms with Crippen molar-refractivity contribution in [3.63, 3.8) is 0 Å². The van der Waals surface area contributed by atoms with E-state index in [1.807, 2.05) is 13.0 Å². The SMILES string of the molecule is COCCCN1C(=O)C(=Cc2c(NCCCO)nc3c(C)cccn3c2=O)SC1=S. The van der Waals surface area contributed by atoms with Crippen LogP contribution >= 0.6 is 24.0 Å². The first-order valence-corrected chi connectivity index (χ1v) is 10.8. The number of fused-ring (bicyclic) bond motifs is 1. The van der Waals surface area contributed by atoms with Gasteiger partial charge in [0, 0.05) is 39.6 Å². The molecule has 1 fully saturated rings. The summed E-state index contributed by atoms with van der Waals surface area (Å²) in [6, 6.07) is 3.66. The Kier molecular flexibility index (Phi) is 7.59. The Bertz CT molecular complexity index is 1050. The van der Waals surface area contributed by atoms with E-state index in [1.54, 1.807) is 25.4 Å². The molecule has 0 aliphatic carbocycles. The van der Waals surface area contributed by atoms with Gasteiger partial charge in [0.1, 0.15) is 15.8 Å². The van der Waals surface area contributed by atoms with Gasteiger partial charge in [-0.2, -0.15) is 0 Å². The standard InChI is InChI=1S/C20H24N4O4S2/c1-13-6-3-8-23-17(13)22-16(21-7-4-10-25)14(18(23)26)12-15-19(27)24(20(29)30-15)9-5-11-28-2/h3,6,8,12,21,25H,4-5,7,9-11H2,1-2H3. The summed E-state index contributed by atoms with van der Waals surface area (Å²) in [6.45, 7) is 3.35. The van der Waals surface area contributed by atoms with Gasteiger partial charge in [-0.1, -0.05) is 30.0 Å². The topological polar surface area (TPSA) is 96.2 Å². The van der Waals surface area contributed by atoms with Crippen LogP contribution in [0.5, 0.6) is 0 Å². The number of aromatic nitrogens is 2. The molecule has 8 nitrogen and oxygen atoms in total. The van der Waals surface area contributed by atoms with E-state index >= 15 is 0 Å². The average Bonchev–Trinajstić information content (AvgIpc) is 2.99. The van der Waals surface area contributed by atoms with E-state index in [2.05, 4.69) is 10.3 Å². The Balaban J connectivity index is 2.02. The Morgan fingerprint density at radius 2 is 2.17 bits per heavy atom. The number of hydrogen-bond donors (Lipinski definition) is 2. The summed E-state index contributed by atoms with van der Waals surface area (Å²) in [6.07, 6.45) is 4.39. The molecule has 1 aliphatic heterocycles. The first kappa shape index (κ1) is 22.4. The number of nitrogens with one attached hydrogen (secondary N) is 1. The molecule has 0 spiro atoms. The fraction of sp³-hybridized carbons (Fsp3) is 0.400. The minimum Gasteiger partial charge on any atom is -0.396 e. The van der Waals surface area contributed by atoms with Crippen molar-refractivity contribution in [3.05, 3.63) is 44.7 Å². The zero-order chi connectivity index (χ0) is 21.7. The second-order valence-electron chi connectivity index (χ2n) is 6.75. The number of aryl methyl sites for hydroxylation is 1. The number of nitrogens with zero attached hydrogens (tertiary/aromatic N) is 3. The van der Waals surface area contributed by atoms with E-state index in [9.17, 15) is 9.59 Å². The number of aliphatic hydroxyl groups excluding tert-OH is 1. The highest BCUT2D eigenvalue weighted by Crippen LogP contribution is 2.33. The average molecular weight is 449 g/mol. The number of thioether (sulfide) groups is 1. The Hall–Kier alpha value is -2.27. The second-order valence-corrected chi connectivity index (χ2v) is 8.42. The van der Waals surface area contributed by atoms with Crippen LogP contribution in [0, 0.1) is 6.92 Å². The minimum absolute atomic E-state index is 0.0219. The van der Waals surface area contributed by atoms with Crippen LogP contribution in [0.3, 0.4) is 0 Å². The number of aliphatic hydroxyl groups is 1. The zero-order valence-electron chi connectivity index (χ0n) is 16.9. The van der Waals surface area contributed by atoms with E-state index in [-0.39, 0.29) is 23.6 Å². The van der Waals surface area contributed by atoms with E-state index in [0.717, 1.165) is 5.56 Å². The highest BCUT2D eigenvalue weighted by Gasteiger charge is 2.32. The zero-order valence-corrected chi connectivity index (χ0v) is 18.5. The van der Waals surface area contributed by atoms with Crippen molar-refractivity contribution in [3.8, 4) is 0 Å². The van der Waals surface area contributed by atoms with Crippen LogP contribution in [-0.2, 0) is 9.53 Å². The number of pyridine rings is 1. The van der Waals surface area contributed by atoms with Gasteiger partial charge in [-0.15, -0.1) is 0 Å². The van der Waals surface area contributed by atoms with Crippen molar-refractivity contribution in [2.45, 2.75) is 19.8 Å². The number of carbonyl (C=O) groups excluding carboxylic acids is 1. The molecule has 0 bridgehead atoms. The number of rotatable bonds is 9. The van der Waals surface area contributed by atoms with Crippen molar-refractivity contribution in [1.29, 1.82) is 0 Å². The molecular weight excluding hydrogens is 424 g/mol. The van der Waals surface area contributed by atoms with Crippen LogP contribution in [-0.4, -0.2) is 63.0 Å².